The lowest BCUT2D eigenvalue weighted by Gasteiger charge is -2.24. The number of carbonyl (C=O) groups excluding carboxylic acids is 1. The quantitative estimate of drug-likeness (QED) is 0.876. The van der Waals surface area contributed by atoms with Gasteiger partial charge in [0.05, 0.1) is 0 Å². The normalized spacial score (nSPS) is 21.7. The van der Waals surface area contributed by atoms with Crippen LogP contribution in [0.15, 0.2) is 24.3 Å². The van der Waals surface area contributed by atoms with Gasteiger partial charge < -0.3 is 5.32 Å². The van der Waals surface area contributed by atoms with Crippen molar-refractivity contribution in [3.05, 3.63) is 35.4 Å². The maximum atomic E-state index is 11.5. The van der Waals surface area contributed by atoms with Crippen molar-refractivity contribution >= 4 is 17.7 Å². The van der Waals surface area contributed by atoms with Crippen LogP contribution < -0.4 is 5.32 Å². The van der Waals surface area contributed by atoms with E-state index in [1.165, 1.54) is 30.6 Å². The topological polar surface area (TPSA) is 32.3 Å². The fourth-order valence-electron chi connectivity index (χ4n) is 3.03. The van der Waals surface area contributed by atoms with Crippen molar-refractivity contribution in [3.63, 3.8) is 0 Å². The average molecular weight is 306 g/mol. The Labute approximate surface area is 132 Å². The molecule has 0 bridgehead atoms. The van der Waals surface area contributed by atoms with Gasteiger partial charge in [0.2, 0.25) is 0 Å². The van der Waals surface area contributed by atoms with E-state index in [1.807, 2.05) is 12.1 Å². The number of rotatable bonds is 6. The largest absolute Gasteiger partial charge is 0.355 e. The lowest BCUT2D eigenvalue weighted by molar-refractivity contribution is 0.0963. The zero-order valence-corrected chi connectivity index (χ0v) is 14.1. The minimum Gasteiger partial charge on any atom is -0.355 e. The molecule has 2 rings (SSSR count). The Balaban J connectivity index is 1.88. The standard InChI is InChI=1S/C17H26N2OS/c1-4-21-16-10-9-15(11-16)19(3)12-13-5-7-14(8-6-13)17(20)18-2/h5-8,15-16H,4,9-12H2,1-3H3,(H,18,20)/t15-,16-/m0/s1. The Hall–Kier alpha value is -1.00. The number of thioether (sulfide) groups is 1. The van der Waals surface area contributed by atoms with Crippen LogP contribution in [0.25, 0.3) is 0 Å². The Morgan fingerprint density at radius 1 is 1.33 bits per heavy atom. The van der Waals surface area contributed by atoms with Crippen LogP contribution in [-0.4, -0.2) is 41.9 Å². The van der Waals surface area contributed by atoms with Gasteiger partial charge in [-0.3, -0.25) is 9.69 Å². The fourth-order valence-corrected chi connectivity index (χ4v) is 4.16. The van der Waals surface area contributed by atoms with Crippen LogP contribution in [0.1, 0.15) is 42.1 Å². The van der Waals surface area contributed by atoms with Crippen molar-refractivity contribution in [2.75, 3.05) is 19.8 Å². The van der Waals surface area contributed by atoms with Gasteiger partial charge in [-0.1, -0.05) is 19.1 Å². The van der Waals surface area contributed by atoms with E-state index in [-0.39, 0.29) is 5.91 Å². The molecule has 1 N–H and O–H groups in total. The van der Waals surface area contributed by atoms with E-state index in [4.69, 9.17) is 0 Å². The Morgan fingerprint density at radius 3 is 2.67 bits per heavy atom. The van der Waals surface area contributed by atoms with Crippen LogP contribution in [0.5, 0.6) is 0 Å². The van der Waals surface area contributed by atoms with Crippen LogP contribution in [0, 0.1) is 0 Å². The summed E-state index contributed by atoms with van der Waals surface area (Å²) in [5.74, 6) is 1.20. The molecule has 1 aliphatic rings. The summed E-state index contributed by atoms with van der Waals surface area (Å²) in [6.07, 6.45) is 3.97. The third kappa shape index (κ3) is 4.48. The second-order valence-electron chi connectivity index (χ2n) is 5.74. The summed E-state index contributed by atoms with van der Waals surface area (Å²) in [6.45, 7) is 3.21. The van der Waals surface area contributed by atoms with Gasteiger partial charge in [-0.2, -0.15) is 11.8 Å². The minimum absolute atomic E-state index is 0.0230. The van der Waals surface area contributed by atoms with Crippen LogP contribution >= 0.6 is 11.8 Å². The predicted octanol–water partition coefficient (Wildman–Crippen LogP) is 3.15. The molecule has 116 valence electrons. The van der Waals surface area contributed by atoms with Gasteiger partial charge in [-0.05, 0) is 49.8 Å². The number of nitrogens with zero attached hydrogens (tertiary/aromatic N) is 1. The second kappa shape index (κ2) is 7.85. The van der Waals surface area contributed by atoms with Crippen molar-refractivity contribution in [1.29, 1.82) is 0 Å². The first-order chi connectivity index (χ1) is 10.1. The first-order valence-corrected chi connectivity index (χ1v) is 8.81. The SMILES string of the molecule is CCS[C@H]1CC[C@H](N(C)Cc2ccc(C(=O)NC)cc2)C1. The van der Waals surface area contributed by atoms with Crippen LogP contribution in [-0.2, 0) is 6.54 Å². The van der Waals surface area contributed by atoms with Crippen molar-refractivity contribution in [3.8, 4) is 0 Å². The summed E-state index contributed by atoms with van der Waals surface area (Å²) in [6, 6.07) is 8.65. The van der Waals surface area contributed by atoms with E-state index in [0.717, 1.165) is 17.4 Å². The first kappa shape index (κ1) is 16.4. The van der Waals surface area contributed by atoms with Crippen molar-refractivity contribution in [1.82, 2.24) is 10.2 Å². The van der Waals surface area contributed by atoms with Crippen molar-refractivity contribution in [2.24, 2.45) is 0 Å². The molecule has 1 fully saturated rings. The third-order valence-corrected chi connectivity index (χ3v) is 5.49. The molecule has 0 radical (unpaired) electrons. The summed E-state index contributed by atoms with van der Waals surface area (Å²) in [7, 11) is 3.88. The summed E-state index contributed by atoms with van der Waals surface area (Å²) < 4.78 is 0. The third-order valence-electron chi connectivity index (χ3n) is 4.26. The monoisotopic (exact) mass is 306 g/mol. The molecule has 1 saturated carbocycles. The van der Waals surface area contributed by atoms with Gasteiger partial charge in [-0.15, -0.1) is 0 Å². The highest BCUT2D eigenvalue weighted by atomic mass is 32.2. The summed E-state index contributed by atoms with van der Waals surface area (Å²) in [4.78, 5) is 14.0. The zero-order valence-electron chi connectivity index (χ0n) is 13.3. The molecule has 1 amide bonds. The maximum absolute atomic E-state index is 11.5. The maximum Gasteiger partial charge on any atom is 0.251 e. The van der Waals surface area contributed by atoms with E-state index in [9.17, 15) is 4.79 Å². The number of hydrogen-bond acceptors (Lipinski definition) is 3. The Bertz CT molecular complexity index is 460. The van der Waals surface area contributed by atoms with Crippen LogP contribution in [0.2, 0.25) is 0 Å². The second-order valence-corrected chi connectivity index (χ2v) is 7.31. The molecule has 1 aromatic carbocycles. The number of nitrogens with one attached hydrogen (secondary N) is 1. The van der Waals surface area contributed by atoms with Gasteiger partial charge in [-0.25, -0.2) is 0 Å². The highest BCUT2D eigenvalue weighted by Gasteiger charge is 2.27. The molecule has 1 aromatic rings. The Kier molecular flexibility index (Phi) is 6.12. The van der Waals surface area contributed by atoms with Crippen LogP contribution in [0.4, 0.5) is 0 Å². The molecule has 1 aliphatic carbocycles. The van der Waals surface area contributed by atoms with Gasteiger partial charge in [0.25, 0.3) is 5.91 Å². The van der Waals surface area contributed by atoms with Crippen LogP contribution in [0.3, 0.4) is 0 Å². The number of carbonyl (C=O) groups is 1. The van der Waals surface area contributed by atoms with E-state index in [0.29, 0.717) is 6.04 Å². The lowest BCUT2D eigenvalue weighted by atomic mass is 10.1. The van der Waals surface area contributed by atoms with E-state index in [1.54, 1.807) is 7.05 Å². The highest BCUT2D eigenvalue weighted by molar-refractivity contribution is 7.99. The van der Waals surface area contributed by atoms with Crippen molar-refractivity contribution in [2.45, 2.75) is 44.0 Å². The molecular weight excluding hydrogens is 280 g/mol. The molecule has 0 heterocycles. The van der Waals surface area contributed by atoms with Gasteiger partial charge in [0.1, 0.15) is 0 Å². The predicted molar refractivity (Wildman–Crippen MR) is 90.9 cm³/mol. The van der Waals surface area contributed by atoms with E-state index >= 15 is 0 Å². The summed E-state index contributed by atoms with van der Waals surface area (Å²) >= 11 is 2.10. The molecule has 2 atom stereocenters. The molecule has 0 aromatic heterocycles. The van der Waals surface area contributed by atoms with Gasteiger partial charge in [0, 0.05) is 30.4 Å². The molecule has 21 heavy (non-hydrogen) atoms. The highest BCUT2D eigenvalue weighted by Crippen LogP contribution is 2.32. The van der Waals surface area contributed by atoms with E-state index in [2.05, 4.69) is 48.1 Å². The summed E-state index contributed by atoms with van der Waals surface area (Å²) in [5, 5.41) is 3.50. The molecule has 0 saturated heterocycles. The van der Waals surface area contributed by atoms with E-state index < -0.39 is 0 Å². The first-order valence-electron chi connectivity index (χ1n) is 7.77. The zero-order chi connectivity index (χ0) is 15.2. The summed E-state index contributed by atoms with van der Waals surface area (Å²) in [5.41, 5.74) is 2.00. The number of amides is 1. The molecule has 4 heteroatoms. The number of hydrogen-bond donors (Lipinski definition) is 1. The molecule has 0 spiro atoms. The molecule has 3 nitrogen and oxygen atoms in total. The number of benzene rings is 1. The average Bonchev–Trinajstić information content (AvgIpc) is 2.96. The molecular formula is C17H26N2OS. The van der Waals surface area contributed by atoms with Gasteiger partial charge >= 0.3 is 0 Å². The molecule has 0 unspecified atom stereocenters. The molecule has 0 aliphatic heterocycles. The lowest BCUT2D eigenvalue weighted by Crippen LogP contribution is -2.29. The smallest absolute Gasteiger partial charge is 0.251 e. The Morgan fingerprint density at radius 2 is 2.05 bits per heavy atom. The minimum atomic E-state index is -0.0230. The van der Waals surface area contributed by atoms with Gasteiger partial charge in [0.15, 0.2) is 0 Å². The fraction of sp³-hybridized carbons (Fsp3) is 0.588. The van der Waals surface area contributed by atoms with Crippen molar-refractivity contribution < 1.29 is 4.79 Å².